The van der Waals surface area contributed by atoms with Crippen LogP contribution in [0.15, 0.2) is 0 Å². The van der Waals surface area contributed by atoms with Gasteiger partial charge in [0, 0.05) is 0 Å². The van der Waals surface area contributed by atoms with Crippen LogP contribution >= 0.6 is 0 Å². The van der Waals surface area contributed by atoms with Crippen molar-refractivity contribution in [2.45, 2.75) is 52.4 Å². The summed E-state index contributed by atoms with van der Waals surface area (Å²) in [5.41, 5.74) is -1.23. The summed E-state index contributed by atoms with van der Waals surface area (Å²) in [5.74, 6) is -1.28. The van der Waals surface area contributed by atoms with Crippen LogP contribution in [-0.2, 0) is 19.1 Å². The van der Waals surface area contributed by atoms with Crippen molar-refractivity contribution in [1.82, 2.24) is 0 Å². The number of rotatable bonds is 10. The van der Waals surface area contributed by atoms with Gasteiger partial charge in [0.15, 0.2) is 5.41 Å². The standard InChI is InChI=1S/C15H27FO4/c1-12(2)15(13(17)19-3,14(18)20-4)10-8-6-5-7-9-11-16/h12H,5-11H2,1-4H3. The third-order valence-corrected chi connectivity index (χ3v) is 3.79. The van der Waals surface area contributed by atoms with Crippen molar-refractivity contribution in [1.29, 1.82) is 0 Å². The molecule has 0 saturated heterocycles. The summed E-state index contributed by atoms with van der Waals surface area (Å²) in [6, 6.07) is 0. The maximum atomic E-state index is 12.1. The zero-order valence-electron chi connectivity index (χ0n) is 13.0. The molecule has 0 aliphatic carbocycles. The largest absolute Gasteiger partial charge is 0.468 e. The van der Waals surface area contributed by atoms with Gasteiger partial charge in [0.05, 0.1) is 20.9 Å². The van der Waals surface area contributed by atoms with Gasteiger partial charge in [0.1, 0.15) is 0 Å². The number of esters is 2. The molecule has 0 aliphatic rings. The fraction of sp³-hybridized carbons (Fsp3) is 0.867. The maximum absolute atomic E-state index is 12.1. The van der Waals surface area contributed by atoms with Crippen molar-refractivity contribution in [3.8, 4) is 0 Å². The van der Waals surface area contributed by atoms with Gasteiger partial charge in [-0.3, -0.25) is 14.0 Å². The Bertz CT molecular complexity index is 286. The fourth-order valence-electron chi connectivity index (χ4n) is 2.44. The number of methoxy groups -OCH3 is 2. The quantitative estimate of drug-likeness (QED) is 0.352. The molecule has 0 spiro atoms. The molecule has 0 saturated carbocycles. The molecule has 0 amide bonds. The van der Waals surface area contributed by atoms with Gasteiger partial charge in [-0.1, -0.05) is 39.5 Å². The van der Waals surface area contributed by atoms with Gasteiger partial charge in [0.2, 0.25) is 0 Å². The van der Waals surface area contributed by atoms with Crippen molar-refractivity contribution >= 4 is 11.9 Å². The second-order valence-electron chi connectivity index (χ2n) is 5.32. The van der Waals surface area contributed by atoms with Crippen molar-refractivity contribution in [3.05, 3.63) is 0 Å². The lowest BCUT2D eigenvalue weighted by atomic mass is 9.73. The van der Waals surface area contributed by atoms with Crippen LogP contribution in [0.1, 0.15) is 52.4 Å². The molecule has 0 heterocycles. The average Bonchev–Trinajstić information content (AvgIpc) is 2.44. The predicted molar refractivity (Wildman–Crippen MR) is 75.0 cm³/mol. The minimum Gasteiger partial charge on any atom is -0.468 e. The number of unbranched alkanes of at least 4 members (excludes halogenated alkanes) is 4. The van der Waals surface area contributed by atoms with Crippen LogP contribution < -0.4 is 0 Å². The first-order valence-corrected chi connectivity index (χ1v) is 7.20. The summed E-state index contributed by atoms with van der Waals surface area (Å²) in [5, 5.41) is 0. The molecule has 0 aliphatic heterocycles. The van der Waals surface area contributed by atoms with Crippen molar-refractivity contribution in [3.63, 3.8) is 0 Å². The summed E-state index contributed by atoms with van der Waals surface area (Å²) < 4.78 is 21.6. The minimum absolute atomic E-state index is 0.201. The lowest BCUT2D eigenvalue weighted by molar-refractivity contribution is -0.173. The van der Waals surface area contributed by atoms with Gasteiger partial charge >= 0.3 is 11.9 Å². The van der Waals surface area contributed by atoms with Crippen molar-refractivity contribution < 1.29 is 23.5 Å². The van der Waals surface area contributed by atoms with Crippen LogP contribution in [0.25, 0.3) is 0 Å². The Morgan fingerprint density at radius 1 is 0.950 bits per heavy atom. The predicted octanol–water partition coefficient (Wildman–Crippen LogP) is 3.28. The average molecular weight is 290 g/mol. The number of hydrogen-bond donors (Lipinski definition) is 0. The Morgan fingerprint density at radius 3 is 1.80 bits per heavy atom. The van der Waals surface area contributed by atoms with Crippen LogP contribution in [-0.4, -0.2) is 32.8 Å². The van der Waals surface area contributed by atoms with Crippen LogP contribution in [0.2, 0.25) is 0 Å². The van der Waals surface area contributed by atoms with Crippen molar-refractivity contribution in [2.24, 2.45) is 11.3 Å². The van der Waals surface area contributed by atoms with E-state index in [0.29, 0.717) is 19.3 Å². The van der Waals surface area contributed by atoms with Gasteiger partial charge in [-0.25, -0.2) is 0 Å². The molecule has 0 aromatic heterocycles. The number of halogens is 1. The third kappa shape index (κ3) is 4.76. The van der Waals surface area contributed by atoms with Gasteiger partial charge < -0.3 is 9.47 Å². The molecule has 0 bridgehead atoms. The van der Waals surface area contributed by atoms with E-state index in [-0.39, 0.29) is 12.6 Å². The summed E-state index contributed by atoms with van der Waals surface area (Å²) in [7, 11) is 2.56. The van der Waals surface area contributed by atoms with E-state index in [1.165, 1.54) is 14.2 Å². The molecule has 0 atom stereocenters. The number of alkyl halides is 1. The Labute approximate surface area is 121 Å². The van der Waals surface area contributed by atoms with E-state index in [2.05, 4.69) is 0 Å². The highest BCUT2D eigenvalue weighted by Gasteiger charge is 2.50. The molecular formula is C15H27FO4. The van der Waals surface area contributed by atoms with E-state index in [1.54, 1.807) is 0 Å². The van der Waals surface area contributed by atoms with Crippen LogP contribution in [0.5, 0.6) is 0 Å². The molecule has 118 valence electrons. The Hall–Kier alpha value is -1.13. The molecule has 0 N–H and O–H groups in total. The van der Waals surface area contributed by atoms with E-state index < -0.39 is 17.4 Å². The second-order valence-corrected chi connectivity index (χ2v) is 5.32. The minimum atomic E-state index is -1.23. The first-order chi connectivity index (χ1) is 9.47. The zero-order valence-corrected chi connectivity index (χ0v) is 13.0. The topological polar surface area (TPSA) is 52.6 Å². The summed E-state index contributed by atoms with van der Waals surface area (Å²) in [6.07, 6.45) is 4.29. The molecule has 5 heteroatoms. The number of carbonyl (C=O) groups is 2. The molecule has 0 rings (SSSR count). The van der Waals surface area contributed by atoms with E-state index in [1.807, 2.05) is 13.8 Å². The van der Waals surface area contributed by atoms with E-state index in [0.717, 1.165) is 19.3 Å². The third-order valence-electron chi connectivity index (χ3n) is 3.79. The summed E-state index contributed by atoms with van der Waals surface area (Å²) in [4.78, 5) is 24.1. The molecule has 20 heavy (non-hydrogen) atoms. The Morgan fingerprint density at radius 2 is 1.40 bits per heavy atom. The van der Waals surface area contributed by atoms with Gasteiger partial charge in [-0.05, 0) is 18.8 Å². The Balaban J connectivity index is 4.68. The first kappa shape index (κ1) is 18.9. The molecule has 0 aromatic rings. The van der Waals surface area contributed by atoms with Gasteiger partial charge in [-0.15, -0.1) is 0 Å². The van der Waals surface area contributed by atoms with Gasteiger partial charge in [0.25, 0.3) is 0 Å². The monoisotopic (exact) mass is 290 g/mol. The zero-order chi connectivity index (χ0) is 15.6. The van der Waals surface area contributed by atoms with E-state index in [9.17, 15) is 14.0 Å². The molecule has 0 radical (unpaired) electrons. The molecule has 0 unspecified atom stereocenters. The number of ether oxygens (including phenoxy) is 2. The van der Waals surface area contributed by atoms with Crippen LogP contribution in [0.3, 0.4) is 0 Å². The second kappa shape index (κ2) is 9.72. The SMILES string of the molecule is COC(=O)C(CCCCCCCF)(C(=O)OC)C(C)C. The summed E-state index contributed by atoms with van der Waals surface area (Å²) >= 11 is 0. The number of hydrogen-bond acceptors (Lipinski definition) is 4. The first-order valence-electron chi connectivity index (χ1n) is 7.20. The summed E-state index contributed by atoms with van der Waals surface area (Å²) in [6.45, 7) is 3.34. The van der Waals surface area contributed by atoms with Gasteiger partial charge in [-0.2, -0.15) is 0 Å². The van der Waals surface area contributed by atoms with E-state index >= 15 is 0 Å². The number of carbonyl (C=O) groups excluding carboxylic acids is 2. The Kier molecular flexibility index (Phi) is 9.17. The highest BCUT2D eigenvalue weighted by Crippen LogP contribution is 2.36. The van der Waals surface area contributed by atoms with Crippen LogP contribution in [0, 0.1) is 11.3 Å². The lowest BCUT2D eigenvalue weighted by Gasteiger charge is -2.31. The maximum Gasteiger partial charge on any atom is 0.323 e. The molecule has 0 fully saturated rings. The normalized spacial score (nSPS) is 11.5. The fourth-order valence-corrected chi connectivity index (χ4v) is 2.44. The van der Waals surface area contributed by atoms with E-state index in [4.69, 9.17) is 9.47 Å². The molecule has 4 nitrogen and oxygen atoms in total. The molecule has 0 aromatic carbocycles. The highest BCUT2D eigenvalue weighted by atomic mass is 19.1. The van der Waals surface area contributed by atoms with Crippen molar-refractivity contribution in [2.75, 3.05) is 20.9 Å². The molecular weight excluding hydrogens is 263 g/mol. The smallest absolute Gasteiger partial charge is 0.323 e. The highest BCUT2D eigenvalue weighted by molar-refractivity contribution is 6.00. The van der Waals surface area contributed by atoms with Crippen LogP contribution in [0.4, 0.5) is 4.39 Å². The lowest BCUT2D eigenvalue weighted by Crippen LogP contribution is -2.45.